The molecule has 0 saturated heterocycles. The van der Waals surface area contributed by atoms with Crippen LogP contribution in [-0.2, 0) is 9.59 Å². The summed E-state index contributed by atoms with van der Waals surface area (Å²) >= 11 is 0. The van der Waals surface area contributed by atoms with Gasteiger partial charge >= 0.3 is 18.1 Å². The Morgan fingerprint density at radius 1 is 1.31 bits per heavy atom. The van der Waals surface area contributed by atoms with Gasteiger partial charge in [-0.15, -0.1) is 0 Å². The molecule has 0 bridgehead atoms. The number of hydrogen-bond donors (Lipinski definition) is 2. The zero-order valence-electron chi connectivity index (χ0n) is 9.18. The first kappa shape index (κ1) is 14.7. The lowest BCUT2D eigenvalue weighted by Gasteiger charge is -2.33. The van der Waals surface area contributed by atoms with Crippen LogP contribution in [0.25, 0.3) is 0 Å². The fraction of sp³-hybridized carbons (Fsp3) is 0.778. The van der Waals surface area contributed by atoms with Gasteiger partial charge in [0.25, 0.3) is 0 Å². The van der Waals surface area contributed by atoms with Gasteiger partial charge in [0.05, 0.1) is 12.0 Å². The summed E-state index contributed by atoms with van der Waals surface area (Å²) in [6.07, 6.45) is -5.57. The molecule has 94 valence electrons. The van der Waals surface area contributed by atoms with Crippen LogP contribution < -0.4 is 5.32 Å². The molecule has 0 aliphatic carbocycles. The van der Waals surface area contributed by atoms with Crippen molar-refractivity contribution in [3.05, 3.63) is 0 Å². The van der Waals surface area contributed by atoms with Crippen LogP contribution in [0, 0.1) is 5.92 Å². The van der Waals surface area contributed by atoms with Crippen molar-refractivity contribution in [1.29, 1.82) is 0 Å². The summed E-state index contributed by atoms with van der Waals surface area (Å²) in [5, 5.41) is 10.3. The predicted molar refractivity (Wildman–Crippen MR) is 49.7 cm³/mol. The average Bonchev–Trinajstić information content (AvgIpc) is 1.99. The van der Waals surface area contributed by atoms with Crippen LogP contribution in [0.4, 0.5) is 13.2 Å². The molecule has 4 nitrogen and oxygen atoms in total. The number of aliphatic carboxylic acids is 1. The molecule has 7 heteroatoms. The van der Waals surface area contributed by atoms with Crippen LogP contribution in [0.2, 0.25) is 0 Å². The van der Waals surface area contributed by atoms with E-state index >= 15 is 0 Å². The maximum atomic E-state index is 12.0. The molecule has 0 fully saturated rings. The van der Waals surface area contributed by atoms with E-state index in [0.717, 1.165) is 0 Å². The summed E-state index contributed by atoms with van der Waals surface area (Å²) < 4.78 is 36.1. The van der Waals surface area contributed by atoms with Crippen molar-refractivity contribution in [3.8, 4) is 0 Å². The number of hydrogen-bond acceptors (Lipinski definition) is 2. The zero-order valence-corrected chi connectivity index (χ0v) is 9.18. The molecule has 2 N–H and O–H groups in total. The normalized spacial score (nSPS) is 15.7. The van der Waals surface area contributed by atoms with Crippen LogP contribution in [0.5, 0.6) is 0 Å². The van der Waals surface area contributed by atoms with Crippen molar-refractivity contribution < 1.29 is 27.9 Å². The first-order valence-electron chi connectivity index (χ1n) is 4.60. The van der Waals surface area contributed by atoms with E-state index in [0.29, 0.717) is 0 Å². The second-order valence-corrected chi connectivity index (χ2v) is 4.09. The van der Waals surface area contributed by atoms with Gasteiger partial charge in [-0.3, -0.25) is 9.59 Å². The van der Waals surface area contributed by atoms with Crippen LogP contribution in [0.1, 0.15) is 27.2 Å². The highest BCUT2D eigenvalue weighted by atomic mass is 19.4. The third-order valence-corrected chi connectivity index (χ3v) is 2.45. The van der Waals surface area contributed by atoms with Gasteiger partial charge < -0.3 is 10.4 Å². The third-order valence-electron chi connectivity index (χ3n) is 2.45. The molecule has 0 radical (unpaired) electrons. The summed E-state index contributed by atoms with van der Waals surface area (Å²) in [6, 6.07) is 0. The summed E-state index contributed by atoms with van der Waals surface area (Å²) in [5.41, 5.74) is -1.42. The van der Waals surface area contributed by atoms with Gasteiger partial charge in [-0.25, -0.2) is 0 Å². The molecule has 0 aliphatic heterocycles. The van der Waals surface area contributed by atoms with Crippen molar-refractivity contribution in [1.82, 2.24) is 5.32 Å². The SMILES string of the molecule is CC(C)C(C)(CC(=O)O)NC(=O)C(F)(F)F. The third kappa shape index (κ3) is 4.08. The van der Waals surface area contributed by atoms with Crippen LogP contribution >= 0.6 is 0 Å². The molecule has 0 aromatic carbocycles. The van der Waals surface area contributed by atoms with Crippen molar-refractivity contribution in [2.24, 2.45) is 5.92 Å². The largest absolute Gasteiger partial charge is 0.481 e. The molecule has 0 spiro atoms. The van der Waals surface area contributed by atoms with E-state index in [1.807, 2.05) is 0 Å². The average molecular weight is 241 g/mol. The fourth-order valence-corrected chi connectivity index (χ4v) is 1.04. The highest BCUT2D eigenvalue weighted by Gasteiger charge is 2.44. The Hall–Kier alpha value is -1.27. The Kier molecular flexibility index (Phi) is 4.34. The van der Waals surface area contributed by atoms with Gasteiger partial charge in [0.2, 0.25) is 0 Å². The number of carboxylic acids is 1. The van der Waals surface area contributed by atoms with Crippen LogP contribution in [-0.4, -0.2) is 28.7 Å². The molecule has 0 heterocycles. The van der Waals surface area contributed by atoms with E-state index in [-0.39, 0.29) is 0 Å². The first-order chi connectivity index (χ1) is 6.99. The molecule has 0 aliphatic rings. The van der Waals surface area contributed by atoms with E-state index in [2.05, 4.69) is 0 Å². The van der Waals surface area contributed by atoms with Crippen molar-refractivity contribution in [2.75, 3.05) is 0 Å². The van der Waals surface area contributed by atoms with E-state index < -0.39 is 35.9 Å². The topological polar surface area (TPSA) is 66.4 Å². The van der Waals surface area contributed by atoms with Gasteiger partial charge in [0.1, 0.15) is 0 Å². The van der Waals surface area contributed by atoms with Crippen molar-refractivity contribution in [2.45, 2.75) is 38.9 Å². The van der Waals surface area contributed by atoms with Gasteiger partial charge in [0, 0.05) is 0 Å². The minimum atomic E-state index is -5.01. The van der Waals surface area contributed by atoms with E-state index in [4.69, 9.17) is 5.11 Å². The predicted octanol–water partition coefficient (Wildman–Crippen LogP) is 1.55. The highest BCUT2D eigenvalue weighted by Crippen LogP contribution is 2.24. The lowest BCUT2D eigenvalue weighted by molar-refractivity contribution is -0.176. The number of nitrogens with one attached hydrogen (secondary N) is 1. The Morgan fingerprint density at radius 3 is 2.00 bits per heavy atom. The quantitative estimate of drug-likeness (QED) is 0.784. The van der Waals surface area contributed by atoms with Crippen molar-refractivity contribution >= 4 is 11.9 Å². The summed E-state index contributed by atoms with van der Waals surface area (Å²) in [6.45, 7) is 4.36. The minimum Gasteiger partial charge on any atom is -0.481 e. The number of carbonyl (C=O) groups is 2. The highest BCUT2D eigenvalue weighted by molar-refractivity contribution is 5.83. The molecule has 0 aromatic rings. The van der Waals surface area contributed by atoms with Gasteiger partial charge in [-0.1, -0.05) is 13.8 Å². The number of alkyl halides is 3. The molecule has 0 rings (SSSR count). The lowest BCUT2D eigenvalue weighted by Crippen LogP contribution is -2.55. The Balaban J connectivity index is 4.83. The van der Waals surface area contributed by atoms with Gasteiger partial charge in [-0.05, 0) is 12.8 Å². The molecule has 0 aromatic heterocycles. The summed E-state index contributed by atoms with van der Waals surface area (Å²) in [4.78, 5) is 21.3. The number of halogens is 3. The Morgan fingerprint density at radius 2 is 1.75 bits per heavy atom. The maximum absolute atomic E-state index is 12.0. The summed E-state index contributed by atoms with van der Waals surface area (Å²) in [5.74, 6) is -3.82. The van der Waals surface area contributed by atoms with Gasteiger partial charge in [0.15, 0.2) is 0 Å². The van der Waals surface area contributed by atoms with Crippen molar-refractivity contribution in [3.63, 3.8) is 0 Å². The van der Waals surface area contributed by atoms with E-state index in [1.54, 1.807) is 19.2 Å². The number of amides is 1. The van der Waals surface area contributed by atoms with E-state index in [1.165, 1.54) is 6.92 Å². The molecule has 0 saturated carbocycles. The Labute approximate surface area is 90.8 Å². The second-order valence-electron chi connectivity index (χ2n) is 4.09. The minimum absolute atomic E-state index is 0.435. The first-order valence-corrected chi connectivity index (χ1v) is 4.60. The van der Waals surface area contributed by atoms with Gasteiger partial charge in [-0.2, -0.15) is 13.2 Å². The van der Waals surface area contributed by atoms with Crippen LogP contribution in [0.15, 0.2) is 0 Å². The number of carboxylic acid groups (broad SMARTS) is 1. The second kappa shape index (κ2) is 4.71. The molecule has 1 unspecified atom stereocenters. The number of carbonyl (C=O) groups excluding carboxylic acids is 1. The molecular weight excluding hydrogens is 227 g/mol. The smallest absolute Gasteiger partial charge is 0.471 e. The Bertz CT molecular complexity index is 288. The molecular formula is C9H14F3NO3. The molecule has 1 amide bonds. The molecule has 1 atom stereocenters. The zero-order chi connectivity index (χ0) is 13.1. The lowest BCUT2D eigenvalue weighted by atomic mass is 9.85. The van der Waals surface area contributed by atoms with Crippen LogP contribution in [0.3, 0.4) is 0 Å². The summed E-state index contributed by atoms with van der Waals surface area (Å²) in [7, 11) is 0. The maximum Gasteiger partial charge on any atom is 0.471 e. The standard InChI is InChI=1S/C9H14F3NO3/c1-5(2)8(3,4-6(14)15)13-7(16)9(10,11)12/h5H,4H2,1-3H3,(H,13,16)(H,14,15). The number of rotatable bonds is 4. The molecule has 16 heavy (non-hydrogen) atoms. The monoisotopic (exact) mass is 241 g/mol. The van der Waals surface area contributed by atoms with E-state index in [9.17, 15) is 22.8 Å². The fourth-order valence-electron chi connectivity index (χ4n) is 1.04.